The Hall–Kier alpha value is -3.35. The molecule has 7 heteroatoms. The number of methoxy groups -OCH3 is 1. The summed E-state index contributed by atoms with van der Waals surface area (Å²) >= 11 is 0. The molecule has 0 radical (unpaired) electrons. The van der Waals surface area contributed by atoms with Crippen LogP contribution in [0.3, 0.4) is 0 Å². The molecule has 2 heterocycles. The first-order valence-corrected chi connectivity index (χ1v) is 10.7. The van der Waals surface area contributed by atoms with Crippen molar-refractivity contribution >= 4 is 22.7 Å². The number of nitrogens with zero attached hydrogens (tertiary/aromatic N) is 2. The Labute approximate surface area is 181 Å². The summed E-state index contributed by atoms with van der Waals surface area (Å²) in [5.41, 5.74) is 2.68. The summed E-state index contributed by atoms with van der Waals surface area (Å²) in [7, 11) is 1.62. The molecule has 1 aromatic heterocycles. The molecule has 31 heavy (non-hydrogen) atoms. The molecule has 162 valence electrons. The Balaban J connectivity index is 1.26. The van der Waals surface area contributed by atoms with Gasteiger partial charge in [-0.25, -0.2) is 0 Å². The number of aromatic amines is 1. The van der Waals surface area contributed by atoms with Crippen LogP contribution in [0.1, 0.15) is 24.1 Å². The van der Waals surface area contributed by atoms with Gasteiger partial charge in [0.25, 0.3) is 0 Å². The van der Waals surface area contributed by atoms with Gasteiger partial charge in [0.15, 0.2) is 0 Å². The summed E-state index contributed by atoms with van der Waals surface area (Å²) < 4.78 is 5.15. The number of carbonyl (C=O) groups excluding carboxylic acids is 2. The molecule has 1 aliphatic heterocycles. The average molecular weight is 421 g/mol. The van der Waals surface area contributed by atoms with E-state index in [2.05, 4.69) is 15.5 Å². The van der Waals surface area contributed by atoms with Crippen molar-refractivity contribution in [2.75, 3.05) is 26.7 Å². The van der Waals surface area contributed by atoms with Crippen molar-refractivity contribution in [3.63, 3.8) is 0 Å². The number of para-hydroxylation sites is 1. The van der Waals surface area contributed by atoms with Crippen LogP contribution in [0.2, 0.25) is 0 Å². The number of likely N-dealkylation sites (tertiary alicyclic amines) is 1. The fourth-order valence-electron chi connectivity index (χ4n) is 4.12. The van der Waals surface area contributed by atoms with Crippen LogP contribution in [0.4, 0.5) is 0 Å². The molecular formula is C24H28N4O3. The number of hydrogen-bond acceptors (Lipinski definition) is 4. The molecule has 4 rings (SSSR count). The number of fused-ring (bicyclic) bond motifs is 1. The van der Waals surface area contributed by atoms with Gasteiger partial charge < -0.3 is 15.0 Å². The third kappa shape index (κ3) is 5.23. The van der Waals surface area contributed by atoms with E-state index in [1.54, 1.807) is 7.11 Å². The van der Waals surface area contributed by atoms with Gasteiger partial charge in [-0.05, 0) is 42.5 Å². The van der Waals surface area contributed by atoms with Gasteiger partial charge in [-0.3, -0.25) is 14.7 Å². The van der Waals surface area contributed by atoms with Gasteiger partial charge in [-0.2, -0.15) is 5.10 Å². The fraction of sp³-hybridized carbons (Fsp3) is 0.375. The van der Waals surface area contributed by atoms with Crippen molar-refractivity contribution in [3.8, 4) is 5.75 Å². The second kappa shape index (κ2) is 9.64. The molecule has 1 aliphatic rings. The first kappa shape index (κ1) is 20.9. The highest BCUT2D eigenvalue weighted by Gasteiger charge is 2.25. The Kier molecular flexibility index (Phi) is 6.50. The van der Waals surface area contributed by atoms with E-state index in [1.807, 2.05) is 53.4 Å². The zero-order valence-electron chi connectivity index (χ0n) is 17.8. The van der Waals surface area contributed by atoms with E-state index in [1.165, 1.54) is 0 Å². The number of ether oxygens (including phenoxy) is 1. The van der Waals surface area contributed by atoms with Gasteiger partial charge in [0.1, 0.15) is 5.75 Å². The monoisotopic (exact) mass is 420 g/mol. The molecule has 2 amide bonds. The van der Waals surface area contributed by atoms with Crippen LogP contribution in [-0.4, -0.2) is 53.7 Å². The van der Waals surface area contributed by atoms with Crippen LogP contribution >= 0.6 is 0 Å². The fourth-order valence-corrected chi connectivity index (χ4v) is 4.12. The molecule has 0 saturated carbocycles. The van der Waals surface area contributed by atoms with Gasteiger partial charge in [0.2, 0.25) is 11.8 Å². The molecule has 0 aliphatic carbocycles. The van der Waals surface area contributed by atoms with Gasteiger partial charge >= 0.3 is 0 Å². The highest BCUT2D eigenvalue weighted by molar-refractivity contribution is 5.87. The van der Waals surface area contributed by atoms with E-state index in [4.69, 9.17) is 4.74 Å². The summed E-state index contributed by atoms with van der Waals surface area (Å²) in [4.78, 5) is 27.1. The lowest BCUT2D eigenvalue weighted by molar-refractivity contribution is -0.132. The number of rotatable bonds is 7. The van der Waals surface area contributed by atoms with Crippen LogP contribution in [0.5, 0.6) is 5.75 Å². The van der Waals surface area contributed by atoms with Gasteiger partial charge in [-0.1, -0.05) is 30.3 Å². The lowest BCUT2D eigenvalue weighted by Gasteiger charge is -2.33. The summed E-state index contributed by atoms with van der Waals surface area (Å²) in [6.07, 6.45) is 2.62. The highest BCUT2D eigenvalue weighted by atomic mass is 16.5. The van der Waals surface area contributed by atoms with Crippen LogP contribution in [0.25, 0.3) is 10.9 Å². The number of benzene rings is 2. The Bertz CT molecular complexity index is 1040. The van der Waals surface area contributed by atoms with E-state index in [-0.39, 0.29) is 17.7 Å². The van der Waals surface area contributed by atoms with E-state index >= 15 is 0 Å². The SMILES string of the molecule is COc1ccc(CC(=O)NC[C@H]2CCCN(C(=O)Cc3[nH]nc4ccccc34)C2)cc1. The normalized spacial score (nSPS) is 16.3. The van der Waals surface area contributed by atoms with Crippen molar-refractivity contribution in [2.24, 2.45) is 5.92 Å². The lowest BCUT2D eigenvalue weighted by atomic mass is 9.97. The maximum atomic E-state index is 12.9. The molecule has 0 unspecified atom stereocenters. The number of H-pyrrole nitrogens is 1. The van der Waals surface area contributed by atoms with Crippen molar-refractivity contribution in [3.05, 3.63) is 59.8 Å². The largest absolute Gasteiger partial charge is 0.497 e. The summed E-state index contributed by atoms with van der Waals surface area (Å²) in [6, 6.07) is 15.3. The molecule has 7 nitrogen and oxygen atoms in total. The van der Waals surface area contributed by atoms with Crippen molar-refractivity contribution in [1.29, 1.82) is 0 Å². The Morgan fingerprint density at radius 1 is 1.16 bits per heavy atom. The molecule has 0 spiro atoms. The van der Waals surface area contributed by atoms with Crippen LogP contribution in [0.15, 0.2) is 48.5 Å². The predicted octanol–water partition coefficient (Wildman–Crippen LogP) is 2.71. The quantitative estimate of drug-likeness (QED) is 0.615. The highest BCUT2D eigenvalue weighted by Crippen LogP contribution is 2.20. The Morgan fingerprint density at radius 3 is 2.77 bits per heavy atom. The smallest absolute Gasteiger partial charge is 0.228 e. The number of nitrogens with one attached hydrogen (secondary N) is 2. The number of amides is 2. The second-order valence-corrected chi connectivity index (χ2v) is 8.07. The first-order chi connectivity index (χ1) is 15.1. The molecule has 1 atom stereocenters. The minimum Gasteiger partial charge on any atom is -0.497 e. The maximum absolute atomic E-state index is 12.9. The zero-order chi connectivity index (χ0) is 21.6. The summed E-state index contributed by atoms with van der Waals surface area (Å²) in [5, 5.41) is 11.3. The Morgan fingerprint density at radius 2 is 1.97 bits per heavy atom. The summed E-state index contributed by atoms with van der Waals surface area (Å²) in [6.45, 7) is 2.03. The molecule has 0 bridgehead atoms. The minimum absolute atomic E-state index is 0.00227. The topological polar surface area (TPSA) is 87.3 Å². The standard InChI is InChI=1S/C24H28N4O3/c1-31-19-10-8-17(9-11-19)13-23(29)25-15-18-5-4-12-28(16-18)24(30)14-22-20-6-2-3-7-21(20)26-27-22/h2-3,6-11,18H,4-5,12-16H2,1H3,(H,25,29)(H,26,27)/t18-/m1/s1. The van der Waals surface area contributed by atoms with E-state index in [0.717, 1.165) is 47.3 Å². The third-order valence-corrected chi connectivity index (χ3v) is 5.85. The van der Waals surface area contributed by atoms with Crippen molar-refractivity contribution < 1.29 is 14.3 Å². The zero-order valence-corrected chi connectivity index (χ0v) is 17.8. The third-order valence-electron chi connectivity index (χ3n) is 5.85. The number of piperidine rings is 1. The van der Waals surface area contributed by atoms with E-state index in [9.17, 15) is 9.59 Å². The number of hydrogen-bond donors (Lipinski definition) is 2. The van der Waals surface area contributed by atoms with Gasteiger partial charge in [-0.15, -0.1) is 0 Å². The summed E-state index contributed by atoms with van der Waals surface area (Å²) in [5.74, 6) is 1.15. The van der Waals surface area contributed by atoms with Crippen molar-refractivity contribution in [1.82, 2.24) is 20.4 Å². The number of aromatic nitrogens is 2. The molecule has 2 aromatic carbocycles. The van der Waals surface area contributed by atoms with E-state index < -0.39 is 0 Å². The van der Waals surface area contributed by atoms with E-state index in [0.29, 0.717) is 25.9 Å². The number of carbonyl (C=O) groups is 2. The van der Waals surface area contributed by atoms with Gasteiger partial charge in [0.05, 0.1) is 31.2 Å². The van der Waals surface area contributed by atoms with Crippen LogP contribution in [0, 0.1) is 5.92 Å². The predicted molar refractivity (Wildman–Crippen MR) is 119 cm³/mol. The molecule has 1 fully saturated rings. The second-order valence-electron chi connectivity index (χ2n) is 8.07. The van der Waals surface area contributed by atoms with Crippen molar-refractivity contribution in [2.45, 2.75) is 25.7 Å². The molecular weight excluding hydrogens is 392 g/mol. The van der Waals surface area contributed by atoms with Crippen LogP contribution < -0.4 is 10.1 Å². The minimum atomic E-state index is -0.00227. The average Bonchev–Trinajstić information content (AvgIpc) is 3.21. The molecule has 3 aromatic rings. The molecule has 2 N–H and O–H groups in total. The maximum Gasteiger partial charge on any atom is 0.228 e. The molecule has 1 saturated heterocycles. The van der Waals surface area contributed by atoms with Crippen LogP contribution in [-0.2, 0) is 22.4 Å². The van der Waals surface area contributed by atoms with Gasteiger partial charge in [0, 0.05) is 25.0 Å². The first-order valence-electron chi connectivity index (χ1n) is 10.7. The lowest BCUT2D eigenvalue weighted by Crippen LogP contribution is -2.44.